The Labute approximate surface area is 117 Å². The first kappa shape index (κ1) is 15.4. The van der Waals surface area contributed by atoms with Crippen molar-refractivity contribution >= 4 is 15.9 Å². The molecule has 0 aliphatic heterocycles. The number of ether oxygens (including phenoxy) is 1. The molecule has 0 saturated carbocycles. The zero-order chi connectivity index (χ0) is 13.5. The summed E-state index contributed by atoms with van der Waals surface area (Å²) in [5.74, 6) is 0.262. The van der Waals surface area contributed by atoms with Gasteiger partial charge in [-0.2, -0.15) is 0 Å². The van der Waals surface area contributed by atoms with Crippen molar-refractivity contribution in [3.05, 3.63) is 28.5 Å². The first-order valence-corrected chi connectivity index (χ1v) is 7.16. The van der Waals surface area contributed by atoms with Gasteiger partial charge in [0, 0.05) is 23.1 Å². The smallest absolute Gasteiger partial charge is 0.128 e. The molecule has 0 aromatic heterocycles. The SMILES string of the molecule is CCCC(C)NCC(C)Oc1cc(F)cc(Br)c1. The van der Waals surface area contributed by atoms with Crippen LogP contribution in [-0.2, 0) is 0 Å². The van der Waals surface area contributed by atoms with Crippen molar-refractivity contribution in [1.82, 2.24) is 5.32 Å². The minimum atomic E-state index is -0.293. The molecule has 0 spiro atoms. The number of rotatable bonds is 7. The molecule has 4 heteroatoms. The minimum Gasteiger partial charge on any atom is -0.489 e. The van der Waals surface area contributed by atoms with Crippen LogP contribution in [0.2, 0.25) is 0 Å². The van der Waals surface area contributed by atoms with E-state index in [-0.39, 0.29) is 11.9 Å². The Morgan fingerprint density at radius 1 is 1.33 bits per heavy atom. The maximum atomic E-state index is 13.2. The van der Waals surface area contributed by atoms with E-state index in [1.807, 2.05) is 6.92 Å². The predicted octanol–water partition coefficient (Wildman–Crippen LogP) is 4.13. The molecule has 0 fully saturated rings. The molecule has 2 atom stereocenters. The van der Waals surface area contributed by atoms with Gasteiger partial charge in [-0.3, -0.25) is 0 Å². The van der Waals surface area contributed by atoms with Crippen LogP contribution >= 0.6 is 15.9 Å². The van der Waals surface area contributed by atoms with Gasteiger partial charge in [-0.1, -0.05) is 29.3 Å². The quantitative estimate of drug-likeness (QED) is 0.816. The van der Waals surface area contributed by atoms with E-state index in [9.17, 15) is 4.39 Å². The van der Waals surface area contributed by atoms with Crippen LogP contribution in [0.5, 0.6) is 5.75 Å². The molecule has 2 unspecified atom stereocenters. The van der Waals surface area contributed by atoms with Gasteiger partial charge in [-0.05, 0) is 32.4 Å². The average Bonchev–Trinajstić information content (AvgIpc) is 2.25. The molecule has 2 nitrogen and oxygen atoms in total. The van der Waals surface area contributed by atoms with Gasteiger partial charge >= 0.3 is 0 Å². The summed E-state index contributed by atoms with van der Waals surface area (Å²) in [5.41, 5.74) is 0. The fraction of sp³-hybridized carbons (Fsp3) is 0.571. The minimum absolute atomic E-state index is 0.0120. The molecule has 1 N–H and O–H groups in total. The summed E-state index contributed by atoms with van der Waals surface area (Å²) in [7, 11) is 0. The third-order valence-corrected chi connectivity index (χ3v) is 3.11. The van der Waals surface area contributed by atoms with Crippen LogP contribution in [0.15, 0.2) is 22.7 Å². The number of nitrogens with one attached hydrogen (secondary N) is 1. The Balaban J connectivity index is 2.41. The highest BCUT2D eigenvalue weighted by Gasteiger charge is 2.08. The molecular weight excluding hydrogens is 297 g/mol. The average molecular weight is 318 g/mol. The van der Waals surface area contributed by atoms with Crippen molar-refractivity contribution in [1.29, 1.82) is 0 Å². The first-order valence-electron chi connectivity index (χ1n) is 6.37. The van der Waals surface area contributed by atoms with Crippen molar-refractivity contribution in [3.63, 3.8) is 0 Å². The molecule has 1 aromatic carbocycles. The molecule has 0 aliphatic rings. The van der Waals surface area contributed by atoms with Gasteiger partial charge in [0.25, 0.3) is 0 Å². The number of halogens is 2. The summed E-state index contributed by atoms with van der Waals surface area (Å²) in [4.78, 5) is 0. The third-order valence-electron chi connectivity index (χ3n) is 2.65. The molecule has 1 rings (SSSR count). The Kier molecular flexibility index (Phi) is 6.65. The lowest BCUT2D eigenvalue weighted by molar-refractivity contribution is 0.210. The van der Waals surface area contributed by atoms with Gasteiger partial charge in [0.2, 0.25) is 0 Å². The molecule has 0 bridgehead atoms. The van der Waals surface area contributed by atoms with Crippen LogP contribution in [0.3, 0.4) is 0 Å². The molecule has 0 amide bonds. The molecule has 102 valence electrons. The summed E-state index contributed by atoms with van der Waals surface area (Å²) >= 11 is 3.25. The number of hydrogen-bond acceptors (Lipinski definition) is 2. The summed E-state index contributed by atoms with van der Waals surface area (Å²) in [6, 6.07) is 5.07. The zero-order valence-corrected chi connectivity index (χ0v) is 12.8. The second kappa shape index (κ2) is 7.74. The van der Waals surface area contributed by atoms with Gasteiger partial charge < -0.3 is 10.1 Å². The second-order valence-electron chi connectivity index (χ2n) is 4.63. The van der Waals surface area contributed by atoms with Crippen LogP contribution in [0.4, 0.5) is 4.39 Å². The van der Waals surface area contributed by atoms with Crippen molar-refractivity contribution < 1.29 is 9.13 Å². The summed E-state index contributed by atoms with van der Waals surface area (Å²) in [6.07, 6.45) is 2.33. The maximum Gasteiger partial charge on any atom is 0.128 e. The fourth-order valence-corrected chi connectivity index (χ4v) is 2.22. The Morgan fingerprint density at radius 3 is 2.67 bits per heavy atom. The van der Waals surface area contributed by atoms with E-state index in [1.54, 1.807) is 6.07 Å². The van der Waals surface area contributed by atoms with Crippen LogP contribution in [0, 0.1) is 5.82 Å². The first-order chi connectivity index (χ1) is 8.51. The molecule has 18 heavy (non-hydrogen) atoms. The van der Waals surface area contributed by atoms with Crippen LogP contribution in [0.25, 0.3) is 0 Å². The normalized spacial score (nSPS) is 14.3. The zero-order valence-electron chi connectivity index (χ0n) is 11.2. The third kappa shape index (κ3) is 5.83. The highest BCUT2D eigenvalue weighted by molar-refractivity contribution is 9.10. The molecule has 0 radical (unpaired) electrons. The Hall–Kier alpha value is -0.610. The lowest BCUT2D eigenvalue weighted by atomic mass is 10.2. The van der Waals surface area contributed by atoms with Gasteiger partial charge in [-0.25, -0.2) is 4.39 Å². The summed E-state index contributed by atoms with van der Waals surface area (Å²) in [5, 5.41) is 3.40. The van der Waals surface area contributed by atoms with E-state index in [1.165, 1.54) is 18.6 Å². The van der Waals surface area contributed by atoms with Crippen LogP contribution in [-0.4, -0.2) is 18.7 Å². The monoisotopic (exact) mass is 317 g/mol. The highest BCUT2D eigenvalue weighted by atomic mass is 79.9. The van der Waals surface area contributed by atoms with E-state index < -0.39 is 0 Å². The second-order valence-corrected chi connectivity index (χ2v) is 5.55. The largest absolute Gasteiger partial charge is 0.489 e. The lowest BCUT2D eigenvalue weighted by Crippen LogP contribution is -2.34. The highest BCUT2D eigenvalue weighted by Crippen LogP contribution is 2.21. The van der Waals surface area contributed by atoms with Crippen molar-refractivity contribution in [3.8, 4) is 5.75 Å². The molecular formula is C14H21BrFNO. The standard InChI is InChI=1S/C14H21BrFNO/c1-4-5-10(2)17-9-11(3)18-14-7-12(15)6-13(16)8-14/h6-8,10-11,17H,4-5,9H2,1-3H3. The Bertz CT molecular complexity index is 353. The van der Waals surface area contributed by atoms with E-state index in [2.05, 4.69) is 35.1 Å². The number of benzene rings is 1. The lowest BCUT2D eigenvalue weighted by Gasteiger charge is -2.19. The predicted molar refractivity (Wildman–Crippen MR) is 76.6 cm³/mol. The molecule has 0 heterocycles. The van der Waals surface area contributed by atoms with Crippen molar-refractivity contribution in [2.45, 2.75) is 45.8 Å². The van der Waals surface area contributed by atoms with Gasteiger partial charge in [0.05, 0.1) is 0 Å². The van der Waals surface area contributed by atoms with Gasteiger partial charge in [0.1, 0.15) is 17.7 Å². The summed E-state index contributed by atoms with van der Waals surface area (Å²) < 4.78 is 19.5. The molecule has 1 aromatic rings. The number of hydrogen-bond donors (Lipinski definition) is 1. The molecule has 0 aliphatic carbocycles. The maximum absolute atomic E-state index is 13.2. The van der Waals surface area contributed by atoms with E-state index in [0.29, 0.717) is 16.3 Å². The fourth-order valence-electron chi connectivity index (χ4n) is 1.77. The van der Waals surface area contributed by atoms with E-state index >= 15 is 0 Å². The van der Waals surface area contributed by atoms with Gasteiger partial charge in [-0.15, -0.1) is 0 Å². The van der Waals surface area contributed by atoms with E-state index in [0.717, 1.165) is 13.0 Å². The van der Waals surface area contributed by atoms with Crippen molar-refractivity contribution in [2.75, 3.05) is 6.54 Å². The topological polar surface area (TPSA) is 21.3 Å². The van der Waals surface area contributed by atoms with Crippen LogP contribution in [0.1, 0.15) is 33.6 Å². The van der Waals surface area contributed by atoms with Gasteiger partial charge in [0.15, 0.2) is 0 Å². The molecule has 0 saturated heterocycles. The van der Waals surface area contributed by atoms with E-state index in [4.69, 9.17) is 4.74 Å². The van der Waals surface area contributed by atoms with Crippen molar-refractivity contribution in [2.24, 2.45) is 0 Å². The Morgan fingerprint density at radius 2 is 2.06 bits per heavy atom. The summed E-state index contributed by atoms with van der Waals surface area (Å²) in [6.45, 7) is 7.07. The van der Waals surface area contributed by atoms with Crippen LogP contribution < -0.4 is 10.1 Å².